The van der Waals surface area contributed by atoms with Crippen molar-refractivity contribution < 1.29 is 14.3 Å². The highest BCUT2D eigenvalue weighted by Gasteiger charge is 2.17. The summed E-state index contributed by atoms with van der Waals surface area (Å²) < 4.78 is 5.17. The maximum Gasteiger partial charge on any atom is 0.263 e. The summed E-state index contributed by atoms with van der Waals surface area (Å²) in [5, 5.41) is 5.23. The number of fused-ring (bicyclic) bond motifs is 1. The predicted molar refractivity (Wildman–Crippen MR) is 57.3 cm³/mol. The van der Waals surface area contributed by atoms with Crippen LogP contribution in [0, 0.1) is 0 Å². The number of pyridine rings is 1. The Bertz CT molecular complexity index is 445. The molecule has 0 unspecified atom stereocenters. The Hall–Kier alpha value is -2.11. The van der Waals surface area contributed by atoms with Crippen LogP contribution in [-0.4, -0.2) is 23.4 Å². The van der Waals surface area contributed by atoms with Crippen molar-refractivity contribution in [2.24, 2.45) is 0 Å². The third-order valence-electron chi connectivity index (χ3n) is 2.07. The molecule has 0 saturated heterocycles. The van der Waals surface area contributed by atoms with Crippen LogP contribution in [0.2, 0.25) is 0 Å². The largest absolute Gasteiger partial charge is 0.480 e. The minimum Gasteiger partial charge on any atom is -0.480 e. The number of nitrogens with zero attached hydrogens (tertiary/aromatic N) is 1. The third kappa shape index (κ3) is 2.10. The first-order valence-corrected chi connectivity index (χ1v) is 4.91. The van der Waals surface area contributed by atoms with E-state index in [0.717, 1.165) is 0 Å². The van der Waals surface area contributed by atoms with Gasteiger partial charge in [-0.05, 0) is 0 Å². The molecular formula is C10H11N3O3. The number of hydrogen-bond acceptors (Lipinski definition) is 4. The van der Waals surface area contributed by atoms with Crippen molar-refractivity contribution in [1.29, 1.82) is 0 Å². The van der Waals surface area contributed by atoms with Crippen LogP contribution in [0.5, 0.6) is 5.75 Å². The second kappa shape index (κ2) is 4.18. The van der Waals surface area contributed by atoms with Crippen LogP contribution in [0.1, 0.15) is 13.3 Å². The number of anilines is 2. The fourth-order valence-corrected chi connectivity index (χ4v) is 1.28. The van der Waals surface area contributed by atoms with Crippen molar-refractivity contribution in [3.63, 3.8) is 0 Å². The van der Waals surface area contributed by atoms with Crippen molar-refractivity contribution in [2.45, 2.75) is 13.3 Å². The van der Waals surface area contributed by atoms with E-state index in [2.05, 4.69) is 15.6 Å². The van der Waals surface area contributed by atoms with Crippen LogP contribution in [0.3, 0.4) is 0 Å². The molecule has 2 N–H and O–H groups in total. The van der Waals surface area contributed by atoms with Crippen LogP contribution in [0.25, 0.3) is 0 Å². The maximum atomic E-state index is 11.2. The zero-order valence-electron chi connectivity index (χ0n) is 8.74. The summed E-state index contributed by atoms with van der Waals surface area (Å²) in [5.41, 5.74) is 0.557. The highest BCUT2D eigenvalue weighted by Crippen LogP contribution is 2.27. The van der Waals surface area contributed by atoms with Gasteiger partial charge in [0.05, 0.1) is 11.9 Å². The van der Waals surface area contributed by atoms with Crippen LogP contribution in [-0.2, 0) is 9.59 Å². The Labute approximate surface area is 92.0 Å². The van der Waals surface area contributed by atoms with Gasteiger partial charge in [-0.1, -0.05) is 6.92 Å². The third-order valence-corrected chi connectivity index (χ3v) is 2.07. The summed E-state index contributed by atoms with van der Waals surface area (Å²) in [6.07, 6.45) is 1.87. The van der Waals surface area contributed by atoms with Gasteiger partial charge >= 0.3 is 0 Å². The molecule has 1 aromatic heterocycles. The minimum atomic E-state index is -0.231. The van der Waals surface area contributed by atoms with Gasteiger partial charge in [-0.25, -0.2) is 4.98 Å². The molecule has 0 aromatic carbocycles. The molecule has 0 fully saturated rings. The fraction of sp³-hybridized carbons (Fsp3) is 0.300. The van der Waals surface area contributed by atoms with E-state index >= 15 is 0 Å². The molecular weight excluding hydrogens is 210 g/mol. The Morgan fingerprint density at radius 3 is 3.25 bits per heavy atom. The lowest BCUT2D eigenvalue weighted by atomic mass is 10.3. The van der Waals surface area contributed by atoms with E-state index < -0.39 is 0 Å². The molecule has 0 saturated carbocycles. The Morgan fingerprint density at radius 1 is 1.69 bits per heavy atom. The second-order valence-corrected chi connectivity index (χ2v) is 3.31. The smallest absolute Gasteiger partial charge is 0.263 e. The Kier molecular flexibility index (Phi) is 2.72. The molecule has 1 aliphatic rings. The molecule has 0 spiro atoms. The number of nitrogens with one attached hydrogen (secondary N) is 2. The van der Waals surface area contributed by atoms with Gasteiger partial charge in [0, 0.05) is 12.5 Å². The number of rotatable bonds is 2. The van der Waals surface area contributed by atoms with Crippen LogP contribution >= 0.6 is 0 Å². The number of aromatic nitrogens is 1. The molecule has 84 valence electrons. The standard InChI is InChI=1S/C10H11N3O3/c1-2-8(14)12-6-3-7-10(11-4-6)13-9(15)5-16-7/h3-4H,2,5H2,1H3,(H,12,14)(H,11,13,15). The number of carbonyl (C=O) groups is 2. The van der Waals surface area contributed by atoms with E-state index in [1.165, 1.54) is 6.20 Å². The van der Waals surface area contributed by atoms with Gasteiger partial charge in [0.1, 0.15) is 0 Å². The summed E-state index contributed by atoms with van der Waals surface area (Å²) in [4.78, 5) is 26.1. The Morgan fingerprint density at radius 2 is 2.50 bits per heavy atom. The first kappa shape index (κ1) is 10.4. The fourth-order valence-electron chi connectivity index (χ4n) is 1.28. The molecule has 6 nitrogen and oxygen atoms in total. The van der Waals surface area contributed by atoms with E-state index in [9.17, 15) is 9.59 Å². The molecule has 16 heavy (non-hydrogen) atoms. The number of amides is 2. The normalized spacial score (nSPS) is 13.4. The van der Waals surface area contributed by atoms with E-state index in [1.807, 2.05) is 0 Å². The number of hydrogen-bond donors (Lipinski definition) is 2. The van der Waals surface area contributed by atoms with E-state index in [4.69, 9.17) is 4.74 Å². The summed E-state index contributed by atoms with van der Waals surface area (Å²) in [6, 6.07) is 1.63. The molecule has 1 aliphatic heterocycles. The molecule has 0 aliphatic carbocycles. The summed E-state index contributed by atoms with van der Waals surface area (Å²) in [7, 11) is 0. The maximum absolute atomic E-state index is 11.2. The van der Waals surface area contributed by atoms with Crippen molar-refractivity contribution >= 4 is 23.3 Å². The summed E-state index contributed by atoms with van der Waals surface area (Å²) in [5.74, 6) is 0.520. The monoisotopic (exact) mass is 221 g/mol. The van der Waals surface area contributed by atoms with E-state index in [-0.39, 0.29) is 18.4 Å². The Balaban J connectivity index is 2.19. The molecule has 0 bridgehead atoms. The summed E-state index contributed by atoms with van der Waals surface area (Å²) >= 11 is 0. The van der Waals surface area contributed by atoms with Gasteiger partial charge in [-0.15, -0.1) is 0 Å². The van der Waals surface area contributed by atoms with Crippen LogP contribution in [0.15, 0.2) is 12.3 Å². The van der Waals surface area contributed by atoms with E-state index in [0.29, 0.717) is 23.7 Å². The highest BCUT2D eigenvalue weighted by molar-refractivity contribution is 5.95. The summed E-state index contributed by atoms with van der Waals surface area (Å²) in [6.45, 7) is 1.73. The SMILES string of the molecule is CCC(=O)Nc1cnc2c(c1)OCC(=O)N2. The van der Waals surface area contributed by atoms with Gasteiger partial charge in [-0.3, -0.25) is 9.59 Å². The molecule has 2 heterocycles. The second-order valence-electron chi connectivity index (χ2n) is 3.31. The lowest BCUT2D eigenvalue weighted by Gasteiger charge is -2.17. The number of carbonyl (C=O) groups excluding carboxylic acids is 2. The van der Waals surface area contributed by atoms with E-state index in [1.54, 1.807) is 13.0 Å². The van der Waals surface area contributed by atoms with Gasteiger partial charge in [0.25, 0.3) is 5.91 Å². The van der Waals surface area contributed by atoms with Gasteiger partial charge in [0.2, 0.25) is 5.91 Å². The number of ether oxygens (including phenoxy) is 1. The first-order valence-electron chi connectivity index (χ1n) is 4.91. The zero-order valence-corrected chi connectivity index (χ0v) is 8.74. The van der Waals surface area contributed by atoms with Gasteiger partial charge in [-0.2, -0.15) is 0 Å². The van der Waals surface area contributed by atoms with Crippen molar-refractivity contribution in [1.82, 2.24) is 4.98 Å². The quantitative estimate of drug-likeness (QED) is 0.772. The highest BCUT2D eigenvalue weighted by atomic mass is 16.5. The zero-order chi connectivity index (χ0) is 11.5. The molecule has 1 aromatic rings. The van der Waals surface area contributed by atoms with Crippen LogP contribution < -0.4 is 15.4 Å². The minimum absolute atomic E-state index is 0.0279. The average molecular weight is 221 g/mol. The average Bonchev–Trinajstić information content (AvgIpc) is 2.29. The molecule has 0 radical (unpaired) electrons. The molecule has 2 amide bonds. The van der Waals surface area contributed by atoms with Gasteiger partial charge < -0.3 is 15.4 Å². The molecule has 2 rings (SSSR count). The molecule has 0 atom stereocenters. The van der Waals surface area contributed by atoms with Crippen molar-refractivity contribution in [2.75, 3.05) is 17.2 Å². The van der Waals surface area contributed by atoms with Gasteiger partial charge in [0.15, 0.2) is 18.2 Å². The lowest BCUT2D eigenvalue weighted by molar-refractivity contribution is -0.118. The first-order chi connectivity index (χ1) is 7.69. The van der Waals surface area contributed by atoms with Crippen LogP contribution in [0.4, 0.5) is 11.5 Å². The predicted octanol–water partition coefficient (Wildman–Crippen LogP) is 0.761. The molecule has 6 heteroatoms. The topological polar surface area (TPSA) is 80.3 Å². The van der Waals surface area contributed by atoms with Crippen molar-refractivity contribution in [3.8, 4) is 5.75 Å². The van der Waals surface area contributed by atoms with Crippen molar-refractivity contribution in [3.05, 3.63) is 12.3 Å². The lowest BCUT2D eigenvalue weighted by Crippen LogP contribution is -2.26.